The Hall–Kier alpha value is -0.695. The van der Waals surface area contributed by atoms with Gasteiger partial charge in [0.1, 0.15) is 5.73 Å². The van der Waals surface area contributed by atoms with Crippen LogP contribution in [0.1, 0.15) is 40.5 Å². The van der Waals surface area contributed by atoms with E-state index in [1.807, 2.05) is 32.6 Å². The SMILES string of the molecule is CC1(C)OB(C(F)=C2CCN(c3nsnc3Cl)CC2)OC1(C)C. The quantitative estimate of drug-likeness (QED) is 0.754. The van der Waals surface area contributed by atoms with Crippen molar-refractivity contribution in [2.24, 2.45) is 0 Å². The van der Waals surface area contributed by atoms with Gasteiger partial charge in [-0.3, -0.25) is 0 Å². The van der Waals surface area contributed by atoms with Gasteiger partial charge in [0, 0.05) is 13.1 Å². The summed E-state index contributed by atoms with van der Waals surface area (Å²) in [4.78, 5) is 2.03. The van der Waals surface area contributed by atoms with E-state index in [1.54, 1.807) is 0 Å². The molecular formula is C14H20BClFN3O2S. The highest BCUT2D eigenvalue weighted by molar-refractivity contribution is 6.99. The molecule has 9 heteroatoms. The molecule has 1 aromatic heterocycles. The molecular weight excluding hydrogens is 340 g/mol. The molecule has 0 N–H and O–H groups in total. The van der Waals surface area contributed by atoms with Gasteiger partial charge in [0.05, 0.1) is 22.9 Å². The Kier molecular flexibility index (Phi) is 4.46. The standard InChI is InChI=1S/C14H20BClFN3O2S/c1-13(2)14(3,4)22-15(21-13)10(17)9-5-7-20(8-6-9)12-11(16)18-23-19-12/h5-8H2,1-4H3. The van der Waals surface area contributed by atoms with E-state index in [9.17, 15) is 4.39 Å². The third-order valence-corrected chi connectivity index (χ3v) is 5.77. The van der Waals surface area contributed by atoms with Crippen LogP contribution >= 0.6 is 23.3 Å². The lowest BCUT2D eigenvalue weighted by molar-refractivity contribution is 0.00578. The lowest BCUT2D eigenvalue weighted by Crippen LogP contribution is -2.41. The first-order chi connectivity index (χ1) is 10.7. The molecule has 0 radical (unpaired) electrons. The molecule has 23 heavy (non-hydrogen) atoms. The van der Waals surface area contributed by atoms with Crippen LogP contribution in [0.15, 0.2) is 11.3 Å². The third kappa shape index (κ3) is 3.14. The maximum atomic E-state index is 14.8. The normalized spacial score (nSPS) is 23.5. The van der Waals surface area contributed by atoms with E-state index in [-0.39, 0.29) is 5.73 Å². The van der Waals surface area contributed by atoms with Crippen molar-refractivity contribution in [3.63, 3.8) is 0 Å². The maximum Gasteiger partial charge on any atom is 0.525 e. The van der Waals surface area contributed by atoms with E-state index in [4.69, 9.17) is 20.9 Å². The number of rotatable bonds is 2. The highest BCUT2D eigenvalue weighted by Gasteiger charge is 2.53. The predicted molar refractivity (Wildman–Crippen MR) is 90.6 cm³/mol. The van der Waals surface area contributed by atoms with E-state index in [0.29, 0.717) is 36.9 Å². The number of aromatic nitrogens is 2. The number of hydrogen-bond acceptors (Lipinski definition) is 6. The molecule has 2 saturated heterocycles. The largest absolute Gasteiger partial charge is 0.525 e. The minimum Gasteiger partial charge on any atom is -0.398 e. The maximum absolute atomic E-state index is 14.8. The van der Waals surface area contributed by atoms with Crippen LogP contribution in [0.25, 0.3) is 0 Å². The number of piperidine rings is 1. The average Bonchev–Trinajstić information content (AvgIpc) is 2.99. The fraction of sp³-hybridized carbons (Fsp3) is 0.714. The molecule has 3 heterocycles. The fourth-order valence-electron chi connectivity index (χ4n) is 2.70. The van der Waals surface area contributed by atoms with E-state index >= 15 is 0 Å². The van der Waals surface area contributed by atoms with Crippen molar-refractivity contribution in [3.8, 4) is 0 Å². The second-order valence-electron chi connectivity index (χ2n) is 6.91. The van der Waals surface area contributed by atoms with Crippen LogP contribution in [0.3, 0.4) is 0 Å². The Morgan fingerprint density at radius 3 is 2.22 bits per heavy atom. The van der Waals surface area contributed by atoms with Crippen molar-refractivity contribution in [2.75, 3.05) is 18.0 Å². The van der Waals surface area contributed by atoms with Gasteiger partial charge in [0.15, 0.2) is 11.0 Å². The molecule has 126 valence electrons. The summed E-state index contributed by atoms with van der Waals surface area (Å²) in [5.74, 6) is 0.687. The number of anilines is 1. The number of nitrogens with zero attached hydrogens (tertiary/aromatic N) is 3. The average molecular weight is 360 g/mol. The smallest absolute Gasteiger partial charge is 0.398 e. The molecule has 2 aliphatic rings. The lowest BCUT2D eigenvalue weighted by atomic mass is 9.82. The van der Waals surface area contributed by atoms with E-state index in [2.05, 4.69) is 8.75 Å². The van der Waals surface area contributed by atoms with Gasteiger partial charge in [-0.1, -0.05) is 11.6 Å². The molecule has 0 aliphatic carbocycles. The molecule has 0 atom stereocenters. The highest BCUT2D eigenvalue weighted by atomic mass is 35.5. The third-order valence-electron chi connectivity index (χ3n) is 4.90. The summed E-state index contributed by atoms with van der Waals surface area (Å²) in [6.45, 7) is 9.01. The summed E-state index contributed by atoms with van der Waals surface area (Å²) in [6, 6.07) is 0. The first kappa shape index (κ1) is 17.1. The van der Waals surface area contributed by atoms with Gasteiger partial charge < -0.3 is 14.2 Å². The summed E-state index contributed by atoms with van der Waals surface area (Å²) in [5.41, 5.74) is -0.601. The fourth-order valence-corrected chi connectivity index (χ4v) is 3.48. The van der Waals surface area contributed by atoms with Gasteiger partial charge in [0.25, 0.3) is 0 Å². The van der Waals surface area contributed by atoms with Crippen LogP contribution in [-0.2, 0) is 9.31 Å². The molecule has 2 aliphatic heterocycles. The monoisotopic (exact) mass is 359 g/mol. The molecule has 3 rings (SSSR count). The van der Waals surface area contributed by atoms with Crippen LogP contribution in [0.2, 0.25) is 5.15 Å². The molecule has 0 aromatic carbocycles. The summed E-state index contributed by atoms with van der Waals surface area (Å²) >= 11 is 7.09. The summed E-state index contributed by atoms with van der Waals surface area (Å²) < 4.78 is 34.5. The first-order valence-electron chi connectivity index (χ1n) is 7.67. The van der Waals surface area contributed by atoms with Gasteiger partial charge in [-0.15, -0.1) is 0 Å². The second kappa shape index (κ2) is 5.99. The minimum atomic E-state index is -0.911. The molecule has 0 unspecified atom stereocenters. The Bertz CT molecular complexity index is 611. The van der Waals surface area contributed by atoms with Crippen molar-refractivity contribution in [3.05, 3.63) is 16.5 Å². The molecule has 2 fully saturated rings. The van der Waals surface area contributed by atoms with E-state index in [0.717, 1.165) is 17.3 Å². The van der Waals surface area contributed by atoms with Gasteiger partial charge in [-0.05, 0) is 46.1 Å². The van der Waals surface area contributed by atoms with Gasteiger partial charge in [-0.25, -0.2) is 4.39 Å². The molecule has 0 spiro atoms. The Morgan fingerprint density at radius 1 is 1.17 bits per heavy atom. The van der Waals surface area contributed by atoms with Gasteiger partial charge in [-0.2, -0.15) is 8.75 Å². The number of hydrogen-bond donors (Lipinski definition) is 0. The van der Waals surface area contributed by atoms with Crippen LogP contribution in [0.4, 0.5) is 10.2 Å². The van der Waals surface area contributed by atoms with Crippen LogP contribution in [0.5, 0.6) is 0 Å². The van der Waals surface area contributed by atoms with Gasteiger partial charge in [0.2, 0.25) is 0 Å². The van der Waals surface area contributed by atoms with Crippen molar-refractivity contribution >= 4 is 36.3 Å². The molecule has 0 bridgehead atoms. The van der Waals surface area contributed by atoms with Gasteiger partial charge >= 0.3 is 7.12 Å². The Morgan fingerprint density at radius 2 is 1.74 bits per heavy atom. The van der Waals surface area contributed by atoms with Crippen molar-refractivity contribution in [1.82, 2.24) is 8.75 Å². The van der Waals surface area contributed by atoms with E-state index < -0.39 is 18.3 Å². The van der Waals surface area contributed by atoms with Crippen molar-refractivity contribution in [2.45, 2.75) is 51.7 Å². The van der Waals surface area contributed by atoms with Crippen LogP contribution in [0, 0.1) is 0 Å². The first-order valence-corrected chi connectivity index (χ1v) is 8.78. The predicted octanol–water partition coefficient (Wildman–Crippen LogP) is 3.65. The molecule has 0 amide bonds. The lowest BCUT2D eigenvalue weighted by Gasteiger charge is -2.32. The zero-order valence-electron chi connectivity index (χ0n) is 13.7. The van der Waals surface area contributed by atoms with Crippen LogP contribution < -0.4 is 4.90 Å². The number of halogens is 2. The Balaban J connectivity index is 1.69. The molecule has 5 nitrogen and oxygen atoms in total. The molecule has 0 saturated carbocycles. The summed E-state index contributed by atoms with van der Waals surface area (Å²) in [5, 5.41) is 0.411. The topological polar surface area (TPSA) is 47.5 Å². The summed E-state index contributed by atoms with van der Waals surface area (Å²) in [6.07, 6.45) is 1.20. The van der Waals surface area contributed by atoms with Crippen molar-refractivity contribution in [1.29, 1.82) is 0 Å². The minimum absolute atomic E-state index is 0.286. The zero-order chi connectivity index (χ0) is 16.8. The van der Waals surface area contributed by atoms with Crippen molar-refractivity contribution < 1.29 is 13.7 Å². The van der Waals surface area contributed by atoms with Crippen LogP contribution in [-0.4, -0.2) is 40.2 Å². The molecule has 1 aromatic rings. The Labute approximate surface area is 145 Å². The second-order valence-corrected chi connectivity index (χ2v) is 7.79. The highest BCUT2D eigenvalue weighted by Crippen LogP contribution is 2.40. The zero-order valence-corrected chi connectivity index (χ0v) is 15.3. The summed E-state index contributed by atoms with van der Waals surface area (Å²) in [7, 11) is -0.911. The van der Waals surface area contributed by atoms with E-state index in [1.165, 1.54) is 0 Å².